The highest BCUT2D eigenvalue weighted by Crippen LogP contribution is 2.21. The lowest BCUT2D eigenvalue weighted by Gasteiger charge is -2.04. The molecular weight excluding hydrogens is 252 g/mol. The summed E-state index contributed by atoms with van der Waals surface area (Å²) in [5.74, 6) is 1.31. The van der Waals surface area contributed by atoms with Crippen LogP contribution in [0, 0.1) is 0 Å². The molecule has 0 atom stereocenters. The Bertz CT molecular complexity index is 373. The molecule has 0 radical (unpaired) electrons. The van der Waals surface area contributed by atoms with Crippen molar-refractivity contribution in [1.82, 2.24) is 0 Å². The summed E-state index contributed by atoms with van der Waals surface area (Å²) in [6.45, 7) is 3.88. The third-order valence-corrected chi connectivity index (χ3v) is 4.34. The Morgan fingerprint density at radius 3 is 2.42 bits per heavy atom. The number of thioether (sulfide) groups is 1. The number of ketones is 1. The third-order valence-electron chi connectivity index (χ3n) is 3.26. The van der Waals surface area contributed by atoms with Crippen molar-refractivity contribution >= 4 is 17.5 Å². The van der Waals surface area contributed by atoms with E-state index in [0.29, 0.717) is 0 Å². The number of rotatable bonds is 10. The van der Waals surface area contributed by atoms with Crippen LogP contribution in [0.1, 0.15) is 69.2 Å². The number of unbranched alkanes of at least 4 members (excludes halogenated alkanes) is 6. The van der Waals surface area contributed by atoms with Crippen LogP contribution in [0.4, 0.5) is 0 Å². The van der Waals surface area contributed by atoms with Crippen LogP contribution in [0.3, 0.4) is 0 Å². The Balaban J connectivity index is 2.12. The molecule has 0 aliphatic heterocycles. The molecule has 0 bridgehead atoms. The molecule has 2 heteroatoms. The van der Waals surface area contributed by atoms with Gasteiger partial charge in [0.15, 0.2) is 5.78 Å². The molecular formula is C17H26OS. The average Bonchev–Trinajstić information content (AvgIpc) is 2.42. The Morgan fingerprint density at radius 2 is 1.74 bits per heavy atom. The van der Waals surface area contributed by atoms with E-state index in [2.05, 4.69) is 13.0 Å². The van der Waals surface area contributed by atoms with Gasteiger partial charge >= 0.3 is 0 Å². The zero-order valence-corrected chi connectivity index (χ0v) is 13.1. The monoisotopic (exact) mass is 278 g/mol. The summed E-state index contributed by atoms with van der Waals surface area (Å²) in [6.07, 6.45) is 9.47. The van der Waals surface area contributed by atoms with Crippen molar-refractivity contribution in [1.29, 1.82) is 0 Å². The number of carbonyl (C=O) groups is 1. The van der Waals surface area contributed by atoms with Crippen molar-refractivity contribution in [3.8, 4) is 0 Å². The molecule has 0 aliphatic carbocycles. The van der Waals surface area contributed by atoms with Gasteiger partial charge in [0.1, 0.15) is 0 Å². The normalized spacial score (nSPS) is 10.6. The van der Waals surface area contributed by atoms with Crippen LogP contribution in [-0.2, 0) is 0 Å². The number of benzene rings is 1. The molecule has 1 rings (SSSR count). The second-order valence-electron chi connectivity index (χ2n) is 5.05. The maximum Gasteiger partial charge on any atom is 0.159 e. The maximum absolute atomic E-state index is 11.3. The average molecular weight is 278 g/mol. The molecule has 0 aliphatic rings. The molecule has 0 spiro atoms. The summed E-state index contributed by atoms with van der Waals surface area (Å²) in [5.41, 5.74) is 0.824. The van der Waals surface area contributed by atoms with Gasteiger partial charge in [-0.25, -0.2) is 0 Å². The Labute approximate surface area is 122 Å². The largest absolute Gasteiger partial charge is 0.295 e. The first-order valence-electron chi connectivity index (χ1n) is 7.48. The SMILES string of the molecule is CCCCCCCCCSc1cccc(C(C)=O)c1. The molecule has 0 fully saturated rings. The van der Waals surface area contributed by atoms with E-state index >= 15 is 0 Å². The Morgan fingerprint density at radius 1 is 1.05 bits per heavy atom. The zero-order valence-electron chi connectivity index (χ0n) is 12.3. The predicted molar refractivity (Wildman–Crippen MR) is 85.2 cm³/mol. The molecule has 0 N–H and O–H groups in total. The van der Waals surface area contributed by atoms with Crippen LogP contribution < -0.4 is 0 Å². The summed E-state index contributed by atoms with van der Waals surface area (Å²) in [5, 5.41) is 0. The molecule has 0 unspecified atom stereocenters. The van der Waals surface area contributed by atoms with Gasteiger partial charge < -0.3 is 0 Å². The third kappa shape index (κ3) is 7.41. The Hall–Kier alpha value is -0.760. The molecule has 0 saturated carbocycles. The molecule has 1 nitrogen and oxygen atoms in total. The minimum Gasteiger partial charge on any atom is -0.295 e. The zero-order chi connectivity index (χ0) is 13.9. The van der Waals surface area contributed by atoms with E-state index in [-0.39, 0.29) is 5.78 Å². The molecule has 19 heavy (non-hydrogen) atoms. The van der Waals surface area contributed by atoms with E-state index in [4.69, 9.17) is 0 Å². The molecule has 1 aromatic carbocycles. The van der Waals surface area contributed by atoms with E-state index in [0.717, 1.165) is 11.3 Å². The number of carbonyl (C=O) groups excluding carboxylic acids is 1. The summed E-state index contributed by atoms with van der Waals surface area (Å²) in [6, 6.07) is 7.97. The summed E-state index contributed by atoms with van der Waals surface area (Å²) >= 11 is 1.87. The molecule has 0 amide bonds. The minimum absolute atomic E-state index is 0.151. The summed E-state index contributed by atoms with van der Waals surface area (Å²) in [4.78, 5) is 12.5. The van der Waals surface area contributed by atoms with E-state index in [9.17, 15) is 4.79 Å². The van der Waals surface area contributed by atoms with Gasteiger partial charge in [0.2, 0.25) is 0 Å². The fourth-order valence-corrected chi connectivity index (χ4v) is 3.02. The number of hydrogen-bond donors (Lipinski definition) is 0. The topological polar surface area (TPSA) is 17.1 Å². The van der Waals surface area contributed by atoms with Gasteiger partial charge in [-0.05, 0) is 31.2 Å². The highest BCUT2D eigenvalue weighted by molar-refractivity contribution is 7.99. The Kier molecular flexibility index (Phi) is 8.64. The van der Waals surface area contributed by atoms with E-state index in [1.807, 2.05) is 30.0 Å². The second kappa shape index (κ2) is 10.1. The molecule has 1 aromatic rings. The number of hydrogen-bond acceptors (Lipinski definition) is 2. The van der Waals surface area contributed by atoms with Crippen molar-refractivity contribution in [2.45, 2.75) is 63.7 Å². The minimum atomic E-state index is 0.151. The lowest BCUT2D eigenvalue weighted by atomic mass is 10.1. The lowest BCUT2D eigenvalue weighted by molar-refractivity contribution is 0.101. The smallest absolute Gasteiger partial charge is 0.159 e. The van der Waals surface area contributed by atoms with Crippen molar-refractivity contribution in [2.24, 2.45) is 0 Å². The highest BCUT2D eigenvalue weighted by atomic mass is 32.2. The molecule has 0 heterocycles. The van der Waals surface area contributed by atoms with Gasteiger partial charge in [-0.2, -0.15) is 0 Å². The van der Waals surface area contributed by atoms with Gasteiger partial charge in [0.25, 0.3) is 0 Å². The van der Waals surface area contributed by atoms with Crippen molar-refractivity contribution in [2.75, 3.05) is 5.75 Å². The van der Waals surface area contributed by atoms with E-state index in [1.54, 1.807) is 6.92 Å². The first-order chi connectivity index (χ1) is 9.24. The fraction of sp³-hybridized carbons (Fsp3) is 0.588. The van der Waals surface area contributed by atoms with E-state index in [1.165, 1.54) is 49.8 Å². The van der Waals surface area contributed by atoms with Gasteiger partial charge in [0.05, 0.1) is 0 Å². The molecule has 0 aromatic heterocycles. The van der Waals surface area contributed by atoms with Crippen LogP contribution in [0.25, 0.3) is 0 Å². The van der Waals surface area contributed by atoms with Gasteiger partial charge in [-0.3, -0.25) is 4.79 Å². The van der Waals surface area contributed by atoms with Crippen LogP contribution in [0.5, 0.6) is 0 Å². The van der Waals surface area contributed by atoms with Crippen LogP contribution in [0.2, 0.25) is 0 Å². The van der Waals surface area contributed by atoms with Gasteiger partial charge in [-0.15, -0.1) is 11.8 Å². The standard InChI is InChI=1S/C17H26OS/c1-3-4-5-6-7-8-9-13-19-17-12-10-11-16(14-17)15(2)18/h10-12,14H,3-9,13H2,1-2H3. The van der Waals surface area contributed by atoms with Crippen LogP contribution in [-0.4, -0.2) is 11.5 Å². The summed E-state index contributed by atoms with van der Waals surface area (Å²) < 4.78 is 0. The van der Waals surface area contributed by atoms with Crippen molar-refractivity contribution in [3.63, 3.8) is 0 Å². The highest BCUT2D eigenvalue weighted by Gasteiger charge is 2.00. The van der Waals surface area contributed by atoms with Gasteiger partial charge in [0, 0.05) is 10.5 Å². The van der Waals surface area contributed by atoms with E-state index < -0.39 is 0 Å². The first-order valence-corrected chi connectivity index (χ1v) is 8.46. The van der Waals surface area contributed by atoms with Crippen molar-refractivity contribution < 1.29 is 4.79 Å². The lowest BCUT2D eigenvalue weighted by Crippen LogP contribution is -1.91. The quantitative estimate of drug-likeness (QED) is 0.309. The summed E-state index contributed by atoms with van der Waals surface area (Å²) in [7, 11) is 0. The predicted octanol–water partition coefficient (Wildman–Crippen LogP) is 5.73. The van der Waals surface area contributed by atoms with Gasteiger partial charge in [-0.1, -0.05) is 57.6 Å². The fourth-order valence-electron chi connectivity index (χ4n) is 2.05. The van der Waals surface area contributed by atoms with Crippen LogP contribution in [0.15, 0.2) is 29.2 Å². The molecule has 106 valence electrons. The molecule has 0 saturated heterocycles. The first kappa shape index (κ1) is 16.3. The van der Waals surface area contributed by atoms with Crippen LogP contribution >= 0.6 is 11.8 Å². The van der Waals surface area contributed by atoms with Crippen molar-refractivity contribution in [3.05, 3.63) is 29.8 Å². The number of Topliss-reactive ketones (excluding diaryl/α,β-unsaturated/α-hetero) is 1. The maximum atomic E-state index is 11.3. The second-order valence-corrected chi connectivity index (χ2v) is 6.22.